The zero-order valence-corrected chi connectivity index (χ0v) is 27.3. The standard InChI is InChI=1S/C34H29F5N4O8/c1-33(45)11-6-12-42(16-33)31-23-15-25(43(46)47)28(29(36)30(23)40-32(41-31)50-17-34(37,38)39)22-14-20(51-18-48-2)13-19-9-10-24(35)21(27(19)22)7-4-5-8-26(44)49-3/h5,8-10,13-15,45H,6,11-12,16-18H2,1-3H3/b8-5+/t33-/m1/s1. The second kappa shape index (κ2) is 14.7. The van der Waals surface area contributed by atoms with Crippen LogP contribution in [-0.2, 0) is 14.3 Å². The lowest BCUT2D eigenvalue weighted by Gasteiger charge is -2.38. The van der Waals surface area contributed by atoms with Crippen LogP contribution in [0.15, 0.2) is 42.5 Å². The van der Waals surface area contributed by atoms with Crippen LogP contribution >= 0.6 is 0 Å². The summed E-state index contributed by atoms with van der Waals surface area (Å²) >= 11 is 0. The van der Waals surface area contributed by atoms with Gasteiger partial charge in [-0.3, -0.25) is 10.1 Å². The van der Waals surface area contributed by atoms with Crippen molar-refractivity contribution in [3.05, 3.63) is 69.8 Å². The van der Waals surface area contributed by atoms with Crippen molar-refractivity contribution in [1.82, 2.24) is 9.97 Å². The molecule has 1 atom stereocenters. The number of benzene rings is 3. The molecule has 0 spiro atoms. The molecule has 0 saturated carbocycles. The number of ether oxygens (including phenoxy) is 4. The van der Waals surface area contributed by atoms with E-state index < -0.39 is 63.7 Å². The second-order valence-corrected chi connectivity index (χ2v) is 11.7. The van der Waals surface area contributed by atoms with Gasteiger partial charge in [0, 0.05) is 43.3 Å². The topological polar surface area (TPSA) is 146 Å². The highest BCUT2D eigenvalue weighted by Crippen LogP contribution is 2.45. The summed E-state index contributed by atoms with van der Waals surface area (Å²) in [4.78, 5) is 32.8. The number of hydrogen-bond acceptors (Lipinski definition) is 11. The van der Waals surface area contributed by atoms with Crippen molar-refractivity contribution in [2.75, 3.05) is 45.6 Å². The number of aliphatic hydroxyl groups is 1. The quantitative estimate of drug-likeness (QED) is 0.0415. The zero-order valence-electron chi connectivity index (χ0n) is 27.3. The fraction of sp³-hybridized carbons (Fsp3) is 0.324. The highest BCUT2D eigenvalue weighted by atomic mass is 19.4. The van der Waals surface area contributed by atoms with Gasteiger partial charge in [0.05, 0.1) is 34.1 Å². The maximum atomic E-state index is 17.1. The number of nitro benzene ring substituents is 1. The molecular weight excluding hydrogens is 687 g/mol. The lowest BCUT2D eigenvalue weighted by Crippen LogP contribution is -2.46. The van der Waals surface area contributed by atoms with Gasteiger partial charge in [0.15, 0.2) is 19.2 Å². The van der Waals surface area contributed by atoms with Crippen molar-refractivity contribution in [3.63, 3.8) is 0 Å². The largest absolute Gasteiger partial charge is 0.468 e. The molecule has 0 amide bonds. The molecule has 5 rings (SSSR count). The van der Waals surface area contributed by atoms with E-state index in [9.17, 15) is 33.2 Å². The minimum atomic E-state index is -4.82. The maximum absolute atomic E-state index is 17.1. The first kappa shape index (κ1) is 36.7. The summed E-state index contributed by atoms with van der Waals surface area (Å²) in [6, 6.07) is 5.07. The molecule has 1 aliphatic rings. The molecule has 17 heteroatoms. The van der Waals surface area contributed by atoms with Crippen molar-refractivity contribution in [1.29, 1.82) is 0 Å². The van der Waals surface area contributed by atoms with E-state index in [1.807, 2.05) is 0 Å². The molecule has 1 fully saturated rings. The number of esters is 1. The van der Waals surface area contributed by atoms with Gasteiger partial charge in [-0.15, -0.1) is 0 Å². The number of hydrogen-bond donors (Lipinski definition) is 1. The van der Waals surface area contributed by atoms with Crippen molar-refractivity contribution in [3.8, 4) is 34.7 Å². The van der Waals surface area contributed by atoms with E-state index in [1.54, 1.807) is 0 Å². The van der Waals surface area contributed by atoms with Crippen LogP contribution in [0.4, 0.5) is 33.5 Å². The Bertz CT molecular complexity index is 2110. The van der Waals surface area contributed by atoms with Crippen LogP contribution in [0.3, 0.4) is 0 Å². The summed E-state index contributed by atoms with van der Waals surface area (Å²) in [5, 5.41) is 23.3. The number of β-amino-alcohol motifs (C(OH)–C–C–N with tert-alkyl or cyclic N) is 1. The highest BCUT2D eigenvalue weighted by Gasteiger charge is 2.35. The van der Waals surface area contributed by atoms with Gasteiger partial charge in [0.25, 0.3) is 5.69 Å². The van der Waals surface area contributed by atoms with Gasteiger partial charge in [-0.2, -0.15) is 23.1 Å². The Balaban J connectivity index is 1.87. The Morgan fingerprint density at radius 2 is 1.94 bits per heavy atom. The number of carbonyl (C=O) groups is 1. The van der Waals surface area contributed by atoms with Crippen molar-refractivity contribution in [2.24, 2.45) is 0 Å². The Morgan fingerprint density at radius 3 is 2.61 bits per heavy atom. The van der Waals surface area contributed by atoms with E-state index in [-0.39, 0.29) is 58.7 Å². The van der Waals surface area contributed by atoms with Crippen LogP contribution in [0.5, 0.6) is 11.8 Å². The average molecular weight is 717 g/mol. The molecule has 12 nitrogen and oxygen atoms in total. The Labute approximate surface area is 286 Å². The maximum Gasteiger partial charge on any atom is 0.422 e. The van der Waals surface area contributed by atoms with Gasteiger partial charge in [-0.05, 0) is 49.4 Å². The molecule has 268 valence electrons. The molecule has 1 aromatic heterocycles. The summed E-state index contributed by atoms with van der Waals surface area (Å²) in [5.41, 5.74) is -4.11. The number of anilines is 1. The number of allylic oxidation sites excluding steroid dienone is 1. The first-order valence-electron chi connectivity index (χ1n) is 15.1. The summed E-state index contributed by atoms with van der Waals surface area (Å²) < 4.78 is 92.0. The van der Waals surface area contributed by atoms with Crippen LogP contribution in [-0.4, -0.2) is 78.5 Å². The third-order valence-corrected chi connectivity index (χ3v) is 7.76. The van der Waals surface area contributed by atoms with Gasteiger partial charge >= 0.3 is 18.2 Å². The summed E-state index contributed by atoms with van der Waals surface area (Å²) in [5.74, 6) is 1.84. The number of piperidine rings is 1. The highest BCUT2D eigenvalue weighted by molar-refractivity contribution is 6.06. The minimum Gasteiger partial charge on any atom is -0.468 e. The van der Waals surface area contributed by atoms with E-state index in [1.165, 1.54) is 37.1 Å². The number of nitro groups is 1. The van der Waals surface area contributed by atoms with Gasteiger partial charge in [0.1, 0.15) is 22.9 Å². The number of rotatable bonds is 9. The lowest BCUT2D eigenvalue weighted by atomic mass is 9.91. The first-order valence-corrected chi connectivity index (χ1v) is 15.1. The number of aromatic nitrogens is 2. The van der Waals surface area contributed by atoms with Gasteiger partial charge in [0.2, 0.25) is 0 Å². The molecule has 2 heterocycles. The van der Waals surface area contributed by atoms with Gasteiger partial charge in [-0.1, -0.05) is 17.9 Å². The van der Waals surface area contributed by atoms with E-state index in [4.69, 9.17) is 14.2 Å². The molecule has 3 aromatic carbocycles. The Hall–Kier alpha value is -5.60. The Morgan fingerprint density at radius 1 is 1.18 bits per heavy atom. The SMILES string of the molecule is COCOc1cc(-c2c([N+](=O)[O-])cc3c(N4CCC[C@@](C)(O)C4)nc(OCC(F)(F)F)nc3c2F)c2c(C#C/C=C/C(=O)OC)c(F)ccc2c1. The normalized spacial score (nSPS) is 16.3. The Kier molecular flexibility index (Phi) is 10.6. The predicted molar refractivity (Wildman–Crippen MR) is 173 cm³/mol. The van der Waals surface area contributed by atoms with E-state index in [2.05, 4.69) is 26.5 Å². The first-order chi connectivity index (χ1) is 24.1. The third-order valence-electron chi connectivity index (χ3n) is 7.76. The van der Waals surface area contributed by atoms with Crippen LogP contribution in [0.1, 0.15) is 25.3 Å². The second-order valence-electron chi connectivity index (χ2n) is 11.7. The van der Waals surface area contributed by atoms with Crippen molar-refractivity contribution < 1.29 is 55.7 Å². The summed E-state index contributed by atoms with van der Waals surface area (Å²) in [7, 11) is 2.47. The van der Waals surface area contributed by atoms with Crippen LogP contribution in [0.25, 0.3) is 32.8 Å². The molecular formula is C34H29F5N4O8. The number of alkyl halides is 3. The molecule has 0 radical (unpaired) electrons. The number of halogens is 5. The molecule has 1 aliphatic heterocycles. The molecule has 0 aliphatic carbocycles. The van der Waals surface area contributed by atoms with Gasteiger partial charge < -0.3 is 29.0 Å². The average Bonchev–Trinajstić information content (AvgIpc) is 3.07. The molecule has 4 aromatic rings. The van der Waals surface area contributed by atoms with Crippen LogP contribution in [0, 0.1) is 33.6 Å². The lowest BCUT2D eigenvalue weighted by molar-refractivity contribution is -0.384. The van der Waals surface area contributed by atoms with E-state index in [0.717, 1.165) is 31.4 Å². The fourth-order valence-corrected chi connectivity index (χ4v) is 5.66. The van der Waals surface area contributed by atoms with Crippen molar-refractivity contribution >= 4 is 39.1 Å². The molecule has 51 heavy (non-hydrogen) atoms. The number of methoxy groups -OCH3 is 2. The minimum absolute atomic E-state index is 0.0253. The zero-order chi connectivity index (χ0) is 37.1. The monoisotopic (exact) mass is 716 g/mol. The summed E-state index contributed by atoms with van der Waals surface area (Å²) in [6.45, 7) is -0.473. The molecule has 1 N–H and O–H groups in total. The third kappa shape index (κ3) is 8.24. The smallest absolute Gasteiger partial charge is 0.422 e. The molecule has 1 saturated heterocycles. The van der Waals surface area contributed by atoms with E-state index >= 15 is 8.78 Å². The number of carbonyl (C=O) groups excluding carboxylic acids is 1. The molecule has 0 bridgehead atoms. The van der Waals surface area contributed by atoms with Crippen LogP contribution in [0.2, 0.25) is 0 Å². The fourth-order valence-electron chi connectivity index (χ4n) is 5.66. The van der Waals surface area contributed by atoms with Gasteiger partial charge in [-0.25, -0.2) is 13.6 Å². The number of nitrogens with zero attached hydrogens (tertiary/aromatic N) is 4. The molecule has 0 unspecified atom stereocenters. The predicted octanol–water partition coefficient (Wildman–Crippen LogP) is 5.99. The van der Waals surface area contributed by atoms with Crippen molar-refractivity contribution in [2.45, 2.75) is 31.5 Å². The van der Waals surface area contributed by atoms with Crippen LogP contribution < -0.4 is 14.4 Å². The number of fused-ring (bicyclic) bond motifs is 2. The van der Waals surface area contributed by atoms with E-state index in [0.29, 0.717) is 12.8 Å². The summed E-state index contributed by atoms with van der Waals surface area (Å²) in [6.07, 6.45) is -1.99.